The minimum absolute atomic E-state index is 0.108. The van der Waals surface area contributed by atoms with E-state index in [-0.39, 0.29) is 25.7 Å². The quantitative estimate of drug-likeness (QED) is 0.0222. The summed E-state index contributed by atoms with van der Waals surface area (Å²) >= 11 is 0. The molecule has 0 rings (SSSR count). The van der Waals surface area contributed by atoms with Crippen molar-refractivity contribution >= 4 is 39.5 Å². The number of carbonyl (C=O) groups is 4. The minimum atomic E-state index is -4.95. The second-order valence-corrected chi connectivity index (χ2v) is 28.9. The highest BCUT2D eigenvalue weighted by Crippen LogP contribution is 2.45. The van der Waals surface area contributed by atoms with Gasteiger partial charge in [0.1, 0.15) is 19.3 Å². The zero-order chi connectivity index (χ0) is 66.8. The van der Waals surface area contributed by atoms with E-state index in [2.05, 4.69) is 27.7 Å². The van der Waals surface area contributed by atoms with Crippen molar-refractivity contribution in [3.8, 4) is 0 Å². The van der Waals surface area contributed by atoms with Crippen LogP contribution < -0.4 is 0 Å². The van der Waals surface area contributed by atoms with E-state index < -0.39 is 97.5 Å². The Labute approximate surface area is 556 Å². The SMILES string of the molecule is CCCCCCCCCCCCCCCCCCC(=O)O[C@H](COC(=O)CCCCCCCCCCCCCCC)COP(=O)(O)OC[C@@H](O)COP(=O)(O)OC[C@@H](COC(=O)CCCCCCCCCCCC)OC(=O)CCCCCCCCCCCCCC. The van der Waals surface area contributed by atoms with Gasteiger partial charge < -0.3 is 33.8 Å². The van der Waals surface area contributed by atoms with E-state index in [1.807, 2.05) is 0 Å². The molecular weight excluding hydrogens is 1200 g/mol. The molecule has 0 aliphatic heterocycles. The van der Waals surface area contributed by atoms with Crippen molar-refractivity contribution in [2.75, 3.05) is 39.6 Å². The van der Waals surface area contributed by atoms with Crippen LogP contribution in [0.5, 0.6) is 0 Å². The Kier molecular flexibility index (Phi) is 65.2. The number of unbranched alkanes of at least 4 members (excludes halogenated alkanes) is 47. The van der Waals surface area contributed by atoms with E-state index >= 15 is 0 Å². The van der Waals surface area contributed by atoms with Crippen molar-refractivity contribution in [2.45, 2.75) is 399 Å². The Bertz CT molecular complexity index is 1740. The van der Waals surface area contributed by atoms with Gasteiger partial charge in [-0.25, -0.2) is 9.13 Å². The maximum atomic E-state index is 13.0. The Morgan fingerprint density at radius 3 is 0.648 bits per heavy atom. The first-order valence-corrected chi connectivity index (χ1v) is 40.8. The number of phosphoric ester groups is 2. The Morgan fingerprint density at radius 2 is 0.440 bits per heavy atom. The van der Waals surface area contributed by atoms with Gasteiger partial charge in [-0.2, -0.15) is 0 Å². The summed E-state index contributed by atoms with van der Waals surface area (Å²) in [5, 5.41) is 10.6. The van der Waals surface area contributed by atoms with E-state index in [0.29, 0.717) is 25.7 Å². The predicted molar refractivity (Wildman–Crippen MR) is 368 cm³/mol. The first-order valence-electron chi connectivity index (χ1n) is 37.8. The number of hydrogen-bond acceptors (Lipinski definition) is 15. The van der Waals surface area contributed by atoms with Gasteiger partial charge in [-0.05, 0) is 25.7 Å². The summed E-state index contributed by atoms with van der Waals surface area (Å²) in [6.07, 6.45) is 55.3. The third-order valence-corrected chi connectivity index (χ3v) is 18.8. The number of ether oxygens (including phenoxy) is 4. The van der Waals surface area contributed by atoms with Gasteiger partial charge in [0.05, 0.1) is 26.4 Å². The summed E-state index contributed by atoms with van der Waals surface area (Å²) in [6, 6.07) is 0. The molecule has 0 amide bonds. The Morgan fingerprint density at radius 1 is 0.264 bits per heavy atom. The summed E-state index contributed by atoms with van der Waals surface area (Å²) in [6.45, 7) is 4.96. The molecule has 0 bridgehead atoms. The fraction of sp³-hybridized carbons (Fsp3) is 0.944. The van der Waals surface area contributed by atoms with Crippen LogP contribution in [0.4, 0.5) is 0 Å². The van der Waals surface area contributed by atoms with Gasteiger partial charge in [0, 0.05) is 25.7 Å². The van der Waals surface area contributed by atoms with Crippen molar-refractivity contribution in [3.05, 3.63) is 0 Å². The molecule has 0 aromatic carbocycles. The van der Waals surface area contributed by atoms with Gasteiger partial charge in [0.15, 0.2) is 12.2 Å². The molecule has 0 aromatic heterocycles. The normalized spacial score (nSPS) is 14.0. The zero-order valence-electron chi connectivity index (χ0n) is 58.8. The van der Waals surface area contributed by atoms with Crippen LogP contribution in [0, 0.1) is 0 Å². The molecule has 0 saturated heterocycles. The maximum Gasteiger partial charge on any atom is 0.472 e. The summed E-state index contributed by atoms with van der Waals surface area (Å²) in [5.41, 5.74) is 0. The lowest BCUT2D eigenvalue weighted by atomic mass is 10.0. The molecule has 0 aliphatic carbocycles. The number of hydrogen-bond donors (Lipinski definition) is 3. The number of esters is 4. The monoisotopic (exact) mass is 1340 g/mol. The molecule has 0 aromatic rings. The van der Waals surface area contributed by atoms with Crippen LogP contribution in [-0.4, -0.2) is 96.7 Å². The van der Waals surface area contributed by atoms with Crippen LogP contribution in [0.15, 0.2) is 0 Å². The molecule has 3 N–H and O–H groups in total. The number of rotatable bonds is 73. The van der Waals surface area contributed by atoms with Crippen LogP contribution >= 0.6 is 15.6 Å². The lowest BCUT2D eigenvalue weighted by molar-refractivity contribution is -0.161. The largest absolute Gasteiger partial charge is 0.472 e. The van der Waals surface area contributed by atoms with Crippen molar-refractivity contribution in [1.29, 1.82) is 0 Å². The molecule has 0 radical (unpaired) electrons. The van der Waals surface area contributed by atoms with Gasteiger partial charge in [-0.3, -0.25) is 37.3 Å². The fourth-order valence-corrected chi connectivity index (χ4v) is 12.6. The summed E-state index contributed by atoms with van der Waals surface area (Å²) in [5.74, 6) is -2.12. The van der Waals surface area contributed by atoms with Gasteiger partial charge in [-0.15, -0.1) is 0 Å². The van der Waals surface area contributed by atoms with Crippen LogP contribution in [0.2, 0.25) is 0 Å². The standard InChI is InChI=1S/C72H140O17P2/c1-5-9-13-17-21-25-29-32-33-34-36-39-43-47-51-55-59-72(77)89-68(63-83-70(75)57-53-49-45-41-38-35-30-26-22-18-14-10-6-2)65-87-91(80,81)85-61-66(73)60-84-90(78,79)86-64-67(62-82-69(74)56-52-48-44-40-28-24-20-16-12-8-4)88-71(76)58-54-50-46-42-37-31-27-23-19-15-11-7-3/h66-68,73H,5-65H2,1-4H3,(H,78,79)(H,80,81)/t66-,67+,68+/m0/s1. The highest BCUT2D eigenvalue weighted by molar-refractivity contribution is 7.47. The van der Waals surface area contributed by atoms with Crippen molar-refractivity contribution < 1.29 is 80.2 Å². The average Bonchev–Trinajstić information content (AvgIpc) is 3.51. The van der Waals surface area contributed by atoms with Crippen LogP contribution in [-0.2, 0) is 65.4 Å². The average molecular weight is 1340 g/mol. The Hall–Kier alpha value is -1.94. The number of carbonyl (C=O) groups excluding carboxylic acids is 4. The highest BCUT2D eigenvalue weighted by Gasteiger charge is 2.30. The van der Waals surface area contributed by atoms with E-state index in [0.717, 1.165) is 89.9 Å². The van der Waals surface area contributed by atoms with Crippen LogP contribution in [0.1, 0.15) is 381 Å². The molecule has 0 fully saturated rings. The molecule has 5 atom stereocenters. The van der Waals surface area contributed by atoms with Gasteiger partial charge in [0.25, 0.3) is 0 Å². The van der Waals surface area contributed by atoms with E-state index in [4.69, 9.17) is 37.0 Å². The molecule has 0 heterocycles. The lowest BCUT2D eigenvalue weighted by Gasteiger charge is -2.21. The Balaban J connectivity index is 5.24. The fourth-order valence-electron chi connectivity index (χ4n) is 11.0. The molecular formula is C72H140O17P2. The lowest BCUT2D eigenvalue weighted by Crippen LogP contribution is -2.30. The van der Waals surface area contributed by atoms with Crippen molar-refractivity contribution in [3.63, 3.8) is 0 Å². The molecule has 17 nitrogen and oxygen atoms in total. The van der Waals surface area contributed by atoms with Crippen LogP contribution in [0.25, 0.3) is 0 Å². The third kappa shape index (κ3) is 66.5. The third-order valence-electron chi connectivity index (χ3n) is 16.9. The molecule has 0 aliphatic rings. The maximum absolute atomic E-state index is 13.0. The minimum Gasteiger partial charge on any atom is -0.462 e. The molecule has 540 valence electrons. The zero-order valence-corrected chi connectivity index (χ0v) is 60.6. The van der Waals surface area contributed by atoms with Crippen molar-refractivity contribution in [2.24, 2.45) is 0 Å². The van der Waals surface area contributed by atoms with Crippen LogP contribution in [0.3, 0.4) is 0 Å². The van der Waals surface area contributed by atoms with E-state index in [9.17, 15) is 43.2 Å². The molecule has 2 unspecified atom stereocenters. The smallest absolute Gasteiger partial charge is 0.462 e. The van der Waals surface area contributed by atoms with Gasteiger partial charge in [0.2, 0.25) is 0 Å². The molecule has 91 heavy (non-hydrogen) atoms. The molecule has 19 heteroatoms. The molecule has 0 spiro atoms. The molecule has 0 saturated carbocycles. The summed E-state index contributed by atoms with van der Waals surface area (Å²) < 4.78 is 68.4. The number of aliphatic hydroxyl groups excluding tert-OH is 1. The first kappa shape index (κ1) is 89.1. The van der Waals surface area contributed by atoms with E-state index in [1.54, 1.807) is 0 Å². The van der Waals surface area contributed by atoms with Gasteiger partial charge in [-0.1, -0.05) is 329 Å². The number of aliphatic hydroxyl groups is 1. The first-order chi connectivity index (χ1) is 44.2. The number of phosphoric acid groups is 2. The summed E-state index contributed by atoms with van der Waals surface area (Å²) in [7, 11) is -9.90. The predicted octanol–water partition coefficient (Wildman–Crippen LogP) is 21.1. The topological polar surface area (TPSA) is 237 Å². The van der Waals surface area contributed by atoms with Gasteiger partial charge >= 0.3 is 39.5 Å². The van der Waals surface area contributed by atoms with E-state index in [1.165, 1.54) is 212 Å². The van der Waals surface area contributed by atoms with Crippen molar-refractivity contribution in [1.82, 2.24) is 0 Å². The second-order valence-electron chi connectivity index (χ2n) is 26.0. The second kappa shape index (κ2) is 66.7. The highest BCUT2D eigenvalue weighted by atomic mass is 31.2. The summed E-state index contributed by atoms with van der Waals surface area (Å²) in [4.78, 5) is 72.6.